The number of anilines is 1. The van der Waals surface area contributed by atoms with Gasteiger partial charge < -0.3 is 5.32 Å². The Morgan fingerprint density at radius 1 is 1.38 bits per heavy atom. The van der Waals surface area contributed by atoms with E-state index in [1.807, 2.05) is 12.1 Å². The fourth-order valence-electron chi connectivity index (χ4n) is 1.24. The van der Waals surface area contributed by atoms with Crippen LogP contribution in [0.15, 0.2) is 36.7 Å². The topological polar surface area (TPSA) is 59.8 Å². The molecule has 1 aromatic heterocycles. The largest absolute Gasteiger partial charge is 0.325 e. The van der Waals surface area contributed by atoms with Crippen molar-refractivity contribution >= 4 is 23.2 Å². The Morgan fingerprint density at radius 3 is 2.69 bits per heavy atom. The molecular weight excluding hydrogens is 228 g/mol. The normalized spacial score (nSPS) is 10.1. The Bertz CT molecular complexity index is 466. The van der Waals surface area contributed by atoms with Crippen molar-refractivity contribution in [2.75, 3.05) is 11.2 Å². The van der Waals surface area contributed by atoms with Crippen molar-refractivity contribution in [1.29, 1.82) is 0 Å². The molecule has 0 fully saturated rings. The van der Waals surface area contributed by atoms with E-state index in [4.69, 9.17) is 11.6 Å². The Balaban J connectivity index is 2.14. The highest BCUT2D eigenvalue weighted by atomic mass is 35.5. The maximum absolute atomic E-state index is 11.0. The number of alkyl halides is 1. The van der Waals surface area contributed by atoms with Crippen LogP contribution in [-0.2, 0) is 4.79 Å². The van der Waals surface area contributed by atoms with E-state index < -0.39 is 0 Å². The molecule has 0 bridgehead atoms. The molecule has 0 aliphatic carbocycles. The quantitative estimate of drug-likeness (QED) is 0.821. The van der Waals surface area contributed by atoms with Gasteiger partial charge in [0.1, 0.15) is 5.88 Å². The zero-order valence-corrected chi connectivity index (χ0v) is 9.05. The second-order valence-electron chi connectivity index (χ2n) is 3.08. The van der Waals surface area contributed by atoms with Gasteiger partial charge in [0.25, 0.3) is 0 Å². The fourth-order valence-corrected chi connectivity index (χ4v) is 1.30. The predicted octanol–water partition coefficient (Wildman–Crippen LogP) is 1.44. The molecule has 0 aliphatic rings. The molecule has 2 aromatic rings. The minimum atomic E-state index is -0.227. The molecule has 16 heavy (non-hydrogen) atoms. The van der Waals surface area contributed by atoms with E-state index in [2.05, 4.69) is 15.6 Å². The third-order valence-electron chi connectivity index (χ3n) is 1.96. The van der Waals surface area contributed by atoms with E-state index in [0.29, 0.717) is 5.69 Å². The molecule has 0 atom stereocenters. The molecule has 1 heterocycles. The summed E-state index contributed by atoms with van der Waals surface area (Å²) in [5.74, 6) is -0.277. The fraction of sp³-hybridized carbons (Fsp3) is 0.100. The minimum absolute atomic E-state index is 0.0508. The Labute approximate surface area is 97.0 Å². The van der Waals surface area contributed by atoms with Gasteiger partial charge in [-0.05, 0) is 24.3 Å². The first-order valence-electron chi connectivity index (χ1n) is 4.62. The third-order valence-corrected chi connectivity index (χ3v) is 2.20. The average molecular weight is 237 g/mol. The van der Waals surface area contributed by atoms with Gasteiger partial charge in [-0.1, -0.05) is 5.21 Å². The van der Waals surface area contributed by atoms with E-state index in [1.54, 1.807) is 29.2 Å². The molecule has 0 saturated carbocycles. The standard InChI is InChI=1S/C10H9ClN4O/c11-7-10(16)13-8-1-3-9(4-2-8)15-6-5-12-14-15/h1-6H,7H2,(H,13,16). The molecule has 0 saturated heterocycles. The molecule has 1 amide bonds. The van der Waals surface area contributed by atoms with Crippen LogP contribution in [-0.4, -0.2) is 26.8 Å². The zero-order valence-electron chi connectivity index (χ0n) is 8.30. The number of halogens is 1. The lowest BCUT2D eigenvalue weighted by molar-refractivity contribution is -0.113. The molecule has 6 heteroatoms. The van der Waals surface area contributed by atoms with Crippen molar-refractivity contribution in [3.63, 3.8) is 0 Å². The first-order chi connectivity index (χ1) is 7.79. The van der Waals surface area contributed by atoms with Gasteiger partial charge in [0.15, 0.2) is 0 Å². The van der Waals surface area contributed by atoms with Crippen LogP contribution in [0.2, 0.25) is 0 Å². The number of carbonyl (C=O) groups excluding carboxylic acids is 1. The first kappa shape index (κ1) is 10.6. The summed E-state index contributed by atoms with van der Waals surface area (Å²) in [7, 11) is 0. The lowest BCUT2D eigenvalue weighted by Gasteiger charge is -2.04. The highest BCUT2D eigenvalue weighted by Crippen LogP contribution is 2.12. The summed E-state index contributed by atoms with van der Waals surface area (Å²) >= 11 is 5.38. The van der Waals surface area contributed by atoms with Gasteiger partial charge in [-0.3, -0.25) is 4.79 Å². The number of hydrogen-bond donors (Lipinski definition) is 1. The number of amides is 1. The number of rotatable bonds is 3. The Morgan fingerprint density at radius 2 is 2.12 bits per heavy atom. The molecule has 2 rings (SSSR count). The highest BCUT2D eigenvalue weighted by Gasteiger charge is 2.00. The summed E-state index contributed by atoms with van der Waals surface area (Å²) in [6.45, 7) is 0. The van der Waals surface area contributed by atoms with Crippen LogP contribution in [0.1, 0.15) is 0 Å². The molecular formula is C10H9ClN4O. The predicted molar refractivity (Wildman–Crippen MR) is 60.7 cm³/mol. The van der Waals surface area contributed by atoms with Gasteiger partial charge in [-0.15, -0.1) is 16.7 Å². The second kappa shape index (κ2) is 4.76. The van der Waals surface area contributed by atoms with Crippen molar-refractivity contribution in [2.24, 2.45) is 0 Å². The third kappa shape index (κ3) is 2.38. The molecule has 0 unspecified atom stereocenters. The first-order valence-corrected chi connectivity index (χ1v) is 5.15. The Kier molecular flexibility index (Phi) is 3.16. The van der Waals surface area contributed by atoms with Gasteiger partial charge in [0.2, 0.25) is 5.91 Å². The average Bonchev–Trinajstić information content (AvgIpc) is 2.83. The molecule has 1 N–H and O–H groups in total. The van der Waals surface area contributed by atoms with Crippen molar-refractivity contribution in [3.8, 4) is 5.69 Å². The maximum atomic E-state index is 11.0. The van der Waals surface area contributed by atoms with Gasteiger partial charge in [-0.2, -0.15) is 0 Å². The van der Waals surface area contributed by atoms with E-state index in [-0.39, 0.29) is 11.8 Å². The van der Waals surface area contributed by atoms with Gasteiger partial charge in [0.05, 0.1) is 18.1 Å². The summed E-state index contributed by atoms with van der Waals surface area (Å²) in [5, 5.41) is 10.2. The highest BCUT2D eigenvalue weighted by molar-refractivity contribution is 6.29. The van der Waals surface area contributed by atoms with Crippen LogP contribution in [0.25, 0.3) is 5.69 Å². The number of carbonyl (C=O) groups is 1. The van der Waals surface area contributed by atoms with Crippen LogP contribution in [0.3, 0.4) is 0 Å². The van der Waals surface area contributed by atoms with Crippen LogP contribution >= 0.6 is 11.6 Å². The smallest absolute Gasteiger partial charge is 0.239 e. The number of benzene rings is 1. The van der Waals surface area contributed by atoms with Crippen molar-refractivity contribution in [1.82, 2.24) is 15.0 Å². The molecule has 82 valence electrons. The van der Waals surface area contributed by atoms with Gasteiger partial charge in [-0.25, -0.2) is 4.68 Å². The SMILES string of the molecule is O=C(CCl)Nc1ccc(-n2ccnn2)cc1. The maximum Gasteiger partial charge on any atom is 0.239 e. The molecule has 0 spiro atoms. The monoisotopic (exact) mass is 236 g/mol. The molecule has 5 nitrogen and oxygen atoms in total. The molecule has 0 radical (unpaired) electrons. The van der Waals surface area contributed by atoms with Crippen LogP contribution in [0.4, 0.5) is 5.69 Å². The van der Waals surface area contributed by atoms with E-state index in [1.165, 1.54) is 0 Å². The van der Waals surface area contributed by atoms with Crippen molar-refractivity contribution in [3.05, 3.63) is 36.7 Å². The summed E-state index contributed by atoms with van der Waals surface area (Å²) in [5.41, 5.74) is 1.58. The summed E-state index contributed by atoms with van der Waals surface area (Å²) in [6, 6.07) is 7.22. The number of aromatic nitrogens is 3. The number of nitrogens with one attached hydrogen (secondary N) is 1. The van der Waals surface area contributed by atoms with Crippen LogP contribution in [0, 0.1) is 0 Å². The van der Waals surface area contributed by atoms with Crippen molar-refractivity contribution in [2.45, 2.75) is 0 Å². The lowest BCUT2D eigenvalue weighted by atomic mass is 10.3. The number of nitrogens with zero attached hydrogens (tertiary/aromatic N) is 3. The summed E-state index contributed by atoms with van der Waals surface area (Å²) in [4.78, 5) is 11.0. The minimum Gasteiger partial charge on any atom is -0.325 e. The van der Waals surface area contributed by atoms with E-state index in [9.17, 15) is 4.79 Å². The second-order valence-corrected chi connectivity index (χ2v) is 3.34. The van der Waals surface area contributed by atoms with Gasteiger partial charge >= 0.3 is 0 Å². The van der Waals surface area contributed by atoms with E-state index >= 15 is 0 Å². The molecule has 1 aromatic carbocycles. The Hall–Kier alpha value is -1.88. The van der Waals surface area contributed by atoms with E-state index in [0.717, 1.165) is 5.69 Å². The lowest BCUT2D eigenvalue weighted by Crippen LogP contribution is -2.12. The zero-order chi connectivity index (χ0) is 11.4. The van der Waals surface area contributed by atoms with Crippen molar-refractivity contribution < 1.29 is 4.79 Å². The summed E-state index contributed by atoms with van der Waals surface area (Å²) in [6.07, 6.45) is 3.34. The molecule has 0 aliphatic heterocycles. The van der Waals surface area contributed by atoms with Gasteiger partial charge in [0, 0.05) is 5.69 Å². The van der Waals surface area contributed by atoms with Crippen LogP contribution < -0.4 is 5.32 Å². The number of hydrogen-bond acceptors (Lipinski definition) is 3. The summed E-state index contributed by atoms with van der Waals surface area (Å²) < 4.78 is 1.63. The van der Waals surface area contributed by atoms with Crippen LogP contribution in [0.5, 0.6) is 0 Å².